The van der Waals surface area contributed by atoms with Crippen molar-refractivity contribution in [3.63, 3.8) is 0 Å². The lowest BCUT2D eigenvalue weighted by Crippen LogP contribution is -1.94. The van der Waals surface area contributed by atoms with Crippen LogP contribution in [0.1, 0.15) is 0 Å². The number of benzene rings is 2. The van der Waals surface area contributed by atoms with Gasteiger partial charge in [0.2, 0.25) is 0 Å². The predicted octanol–water partition coefficient (Wildman–Crippen LogP) is 2.39. The summed E-state index contributed by atoms with van der Waals surface area (Å²) < 4.78 is 0. The van der Waals surface area contributed by atoms with Crippen LogP contribution >= 0.6 is 0 Å². The number of hydrogen-bond donors (Lipinski definition) is 4. The number of phenolic OH excluding ortho intramolecular Hbond substituents is 2. The standard InChI is InChI=1S/C13H14N2O2/c1-15-8-2-5-12(14)11(6-8)10-4-3-9(16)7-13(10)17/h2-7,15-17H,14H2,1H3. The molecular weight excluding hydrogens is 216 g/mol. The van der Waals surface area contributed by atoms with Gasteiger partial charge in [-0.25, -0.2) is 0 Å². The van der Waals surface area contributed by atoms with Crippen molar-refractivity contribution >= 4 is 11.4 Å². The van der Waals surface area contributed by atoms with Crippen LogP contribution in [0, 0.1) is 0 Å². The summed E-state index contributed by atoms with van der Waals surface area (Å²) in [5, 5.41) is 22.1. The lowest BCUT2D eigenvalue weighted by Gasteiger charge is -2.10. The van der Waals surface area contributed by atoms with Gasteiger partial charge in [0.15, 0.2) is 0 Å². The van der Waals surface area contributed by atoms with E-state index >= 15 is 0 Å². The van der Waals surface area contributed by atoms with Crippen LogP contribution < -0.4 is 11.1 Å². The smallest absolute Gasteiger partial charge is 0.127 e. The van der Waals surface area contributed by atoms with Crippen LogP contribution in [0.4, 0.5) is 11.4 Å². The Morgan fingerprint density at radius 1 is 1.00 bits per heavy atom. The van der Waals surface area contributed by atoms with Crippen molar-refractivity contribution in [1.82, 2.24) is 0 Å². The summed E-state index contributed by atoms with van der Waals surface area (Å²) in [7, 11) is 1.81. The van der Waals surface area contributed by atoms with E-state index in [1.807, 2.05) is 19.2 Å². The number of rotatable bonds is 2. The third kappa shape index (κ3) is 2.10. The van der Waals surface area contributed by atoms with Gasteiger partial charge in [0, 0.05) is 35.6 Å². The Morgan fingerprint density at radius 3 is 2.41 bits per heavy atom. The Bertz CT molecular complexity index is 553. The summed E-state index contributed by atoms with van der Waals surface area (Å²) in [5.41, 5.74) is 8.69. The number of hydrogen-bond acceptors (Lipinski definition) is 4. The molecule has 0 fully saturated rings. The van der Waals surface area contributed by atoms with Crippen molar-refractivity contribution in [1.29, 1.82) is 0 Å². The minimum atomic E-state index is 0.00459. The summed E-state index contributed by atoms with van der Waals surface area (Å²) in [6, 6.07) is 9.92. The van der Waals surface area contributed by atoms with Crippen LogP contribution in [0.15, 0.2) is 36.4 Å². The molecule has 4 nitrogen and oxygen atoms in total. The van der Waals surface area contributed by atoms with Crippen molar-refractivity contribution < 1.29 is 10.2 Å². The topological polar surface area (TPSA) is 78.5 Å². The van der Waals surface area contributed by atoms with Crippen LogP contribution in [0.25, 0.3) is 11.1 Å². The molecule has 0 aromatic heterocycles. The molecule has 0 saturated carbocycles. The molecule has 5 N–H and O–H groups in total. The van der Waals surface area contributed by atoms with E-state index < -0.39 is 0 Å². The molecule has 0 atom stereocenters. The number of anilines is 2. The molecule has 2 rings (SSSR count). The van der Waals surface area contributed by atoms with Gasteiger partial charge in [-0.05, 0) is 30.3 Å². The first-order valence-electron chi connectivity index (χ1n) is 5.21. The van der Waals surface area contributed by atoms with E-state index in [0.717, 1.165) is 11.3 Å². The molecule has 0 aliphatic carbocycles. The molecule has 0 radical (unpaired) electrons. The van der Waals surface area contributed by atoms with Gasteiger partial charge in [0.25, 0.3) is 0 Å². The average molecular weight is 230 g/mol. The summed E-state index contributed by atoms with van der Waals surface area (Å²) in [6.45, 7) is 0. The van der Waals surface area contributed by atoms with Crippen molar-refractivity contribution in [3.8, 4) is 22.6 Å². The number of nitrogens with one attached hydrogen (secondary N) is 1. The molecule has 2 aromatic carbocycles. The molecule has 0 saturated heterocycles. The van der Waals surface area contributed by atoms with E-state index in [-0.39, 0.29) is 11.5 Å². The van der Waals surface area contributed by atoms with Gasteiger partial charge in [0.05, 0.1) is 0 Å². The number of nitrogens with two attached hydrogens (primary N) is 1. The summed E-state index contributed by atoms with van der Waals surface area (Å²) in [4.78, 5) is 0. The van der Waals surface area contributed by atoms with Crippen molar-refractivity contribution in [3.05, 3.63) is 36.4 Å². The second kappa shape index (κ2) is 4.25. The molecule has 0 amide bonds. The fourth-order valence-corrected chi connectivity index (χ4v) is 1.69. The fourth-order valence-electron chi connectivity index (χ4n) is 1.69. The normalized spacial score (nSPS) is 10.2. The molecule has 0 aliphatic heterocycles. The number of aromatic hydroxyl groups is 2. The van der Waals surface area contributed by atoms with E-state index in [9.17, 15) is 10.2 Å². The Balaban J connectivity index is 2.59. The van der Waals surface area contributed by atoms with E-state index in [4.69, 9.17) is 5.73 Å². The first-order chi connectivity index (χ1) is 8.11. The number of phenols is 2. The van der Waals surface area contributed by atoms with Crippen molar-refractivity contribution in [2.75, 3.05) is 18.1 Å². The van der Waals surface area contributed by atoms with E-state index in [2.05, 4.69) is 5.32 Å². The fraction of sp³-hybridized carbons (Fsp3) is 0.0769. The third-order valence-electron chi connectivity index (χ3n) is 2.61. The summed E-state index contributed by atoms with van der Waals surface area (Å²) in [5.74, 6) is 0.0274. The lowest BCUT2D eigenvalue weighted by molar-refractivity contribution is 0.452. The Kier molecular flexibility index (Phi) is 2.78. The van der Waals surface area contributed by atoms with Crippen molar-refractivity contribution in [2.24, 2.45) is 0 Å². The predicted molar refractivity (Wildman–Crippen MR) is 69.2 cm³/mol. The molecule has 0 aliphatic rings. The zero-order valence-corrected chi connectivity index (χ0v) is 9.44. The van der Waals surface area contributed by atoms with E-state index in [1.165, 1.54) is 12.1 Å². The molecule has 0 bridgehead atoms. The van der Waals surface area contributed by atoms with Gasteiger partial charge < -0.3 is 21.3 Å². The van der Waals surface area contributed by atoms with Crippen molar-refractivity contribution in [2.45, 2.75) is 0 Å². The van der Waals surface area contributed by atoms with Gasteiger partial charge in [-0.15, -0.1) is 0 Å². The highest BCUT2D eigenvalue weighted by Crippen LogP contribution is 2.36. The monoisotopic (exact) mass is 230 g/mol. The molecule has 17 heavy (non-hydrogen) atoms. The molecule has 0 heterocycles. The molecule has 0 unspecified atom stereocenters. The largest absolute Gasteiger partial charge is 0.508 e. The second-order valence-electron chi connectivity index (χ2n) is 3.75. The maximum atomic E-state index is 9.80. The molecule has 88 valence electrons. The van der Waals surface area contributed by atoms with Crippen LogP contribution in [-0.4, -0.2) is 17.3 Å². The maximum Gasteiger partial charge on any atom is 0.127 e. The Labute approximate surface area is 99.3 Å². The summed E-state index contributed by atoms with van der Waals surface area (Å²) >= 11 is 0. The molecule has 0 spiro atoms. The van der Waals surface area contributed by atoms with Crippen LogP contribution in [0.2, 0.25) is 0 Å². The summed E-state index contributed by atoms with van der Waals surface area (Å²) in [6.07, 6.45) is 0. The zero-order valence-electron chi connectivity index (χ0n) is 9.44. The van der Waals surface area contributed by atoms with Crippen LogP contribution in [0.3, 0.4) is 0 Å². The highest BCUT2D eigenvalue weighted by atomic mass is 16.3. The second-order valence-corrected chi connectivity index (χ2v) is 3.75. The van der Waals surface area contributed by atoms with Gasteiger partial charge in [0.1, 0.15) is 11.5 Å². The van der Waals surface area contributed by atoms with Crippen LogP contribution in [0.5, 0.6) is 11.5 Å². The highest BCUT2D eigenvalue weighted by molar-refractivity contribution is 5.83. The van der Waals surface area contributed by atoms with Crippen LogP contribution in [-0.2, 0) is 0 Å². The molecule has 2 aromatic rings. The lowest BCUT2D eigenvalue weighted by atomic mass is 10.0. The zero-order chi connectivity index (χ0) is 12.4. The first-order valence-corrected chi connectivity index (χ1v) is 5.21. The minimum Gasteiger partial charge on any atom is -0.508 e. The maximum absolute atomic E-state index is 9.80. The Morgan fingerprint density at radius 2 is 1.76 bits per heavy atom. The van der Waals surface area contributed by atoms with Gasteiger partial charge >= 0.3 is 0 Å². The van der Waals surface area contributed by atoms with E-state index in [1.54, 1.807) is 12.1 Å². The number of nitrogen functional groups attached to an aromatic ring is 1. The van der Waals surface area contributed by atoms with Gasteiger partial charge in [-0.1, -0.05) is 0 Å². The van der Waals surface area contributed by atoms with Gasteiger partial charge in [-0.2, -0.15) is 0 Å². The average Bonchev–Trinajstić information content (AvgIpc) is 2.30. The van der Waals surface area contributed by atoms with E-state index in [0.29, 0.717) is 11.3 Å². The molecule has 4 heteroatoms. The van der Waals surface area contributed by atoms with Gasteiger partial charge in [-0.3, -0.25) is 0 Å². The third-order valence-corrected chi connectivity index (χ3v) is 2.61. The highest BCUT2D eigenvalue weighted by Gasteiger charge is 2.09. The quantitative estimate of drug-likeness (QED) is 0.597. The minimum absolute atomic E-state index is 0.00459. The Hall–Kier alpha value is -2.36. The SMILES string of the molecule is CNc1ccc(N)c(-c2ccc(O)cc2O)c1. The molecular formula is C13H14N2O2. The first kappa shape index (κ1) is 11.1.